The number of hydrogen-bond acceptors (Lipinski definition) is 3. The van der Waals surface area contributed by atoms with Crippen molar-refractivity contribution < 1.29 is 14.8 Å². The highest BCUT2D eigenvalue weighted by Gasteiger charge is 2.73. The second-order valence-corrected chi connectivity index (χ2v) is 4.71. The van der Waals surface area contributed by atoms with E-state index in [4.69, 9.17) is 5.11 Å². The minimum Gasteiger partial charge on any atom is -0.476 e. The van der Waals surface area contributed by atoms with Crippen LogP contribution in [0.15, 0.2) is 28.7 Å². The average molecular weight is 286 g/mol. The number of nitro groups is 1. The lowest BCUT2D eigenvalue weighted by Crippen LogP contribution is -2.33. The standard InChI is InChI=1S/C10H8BrNO4/c11-7-3-1-6(2-4-7)8-5-10(8,9(13)14)12(15)16/h1-4,8H,5H2,(H,13,14). The van der Waals surface area contributed by atoms with Crippen molar-refractivity contribution in [1.82, 2.24) is 0 Å². The lowest BCUT2D eigenvalue weighted by molar-refractivity contribution is -0.526. The molecule has 2 rings (SSSR count). The van der Waals surface area contributed by atoms with Gasteiger partial charge in [-0.15, -0.1) is 0 Å². The number of carbonyl (C=O) groups is 1. The second-order valence-electron chi connectivity index (χ2n) is 3.79. The first-order valence-corrected chi connectivity index (χ1v) is 5.41. The molecular weight excluding hydrogens is 278 g/mol. The minimum atomic E-state index is -1.81. The highest BCUT2D eigenvalue weighted by atomic mass is 79.9. The zero-order valence-corrected chi connectivity index (χ0v) is 9.68. The molecule has 0 spiro atoms. The van der Waals surface area contributed by atoms with Crippen LogP contribution >= 0.6 is 15.9 Å². The summed E-state index contributed by atoms with van der Waals surface area (Å²) in [6.07, 6.45) is 0.0664. The van der Waals surface area contributed by atoms with Crippen LogP contribution in [-0.4, -0.2) is 21.5 Å². The maximum absolute atomic E-state index is 10.9. The molecule has 84 valence electrons. The Morgan fingerprint density at radius 3 is 2.44 bits per heavy atom. The van der Waals surface area contributed by atoms with Crippen LogP contribution in [0.25, 0.3) is 0 Å². The Morgan fingerprint density at radius 2 is 2.06 bits per heavy atom. The van der Waals surface area contributed by atoms with Crippen LogP contribution in [0.2, 0.25) is 0 Å². The molecule has 1 aliphatic carbocycles. The Balaban J connectivity index is 2.30. The summed E-state index contributed by atoms with van der Waals surface area (Å²) in [6, 6.07) is 6.92. The molecule has 1 saturated carbocycles. The quantitative estimate of drug-likeness (QED) is 0.681. The molecule has 1 aromatic carbocycles. The van der Waals surface area contributed by atoms with Crippen LogP contribution in [0.5, 0.6) is 0 Å². The number of hydrogen-bond donors (Lipinski definition) is 1. The molecule has 0 bridgehead atoms. The molecule has 0 radical (unpaired) electrons. The first-order chi connectivity index (χ1) is 7.48. The molecule has 6 heteroatoms. The van der Waals surface area contributed by atoms with E-state index in [-0.39, 0.29) is 6.42 Å². The summed E-state index contributed by atoms with van der Waals surface area (Å²) in [5.74, 6) is -1.88. The van der Waals surface area contributed by atoms with E-state index in [0.29, 0.717) is 5.56 Å². The van der Waals surface area contributed by atoms with Crippen molar-refractivity contribution in [3.05, 3.63) is 44.4 Å². The van der Waals surface area contributed by atoms with E-state index < -0.39 is 22.3 Å². The van der Waals surface area contributed by atoms with Crippen molar-refractivity contribution >= 4 is 21.9 Å². The summed E-state index contributed by atoms with van der Waals surface area (Å²) in [5.41, 5.74) is -1.12. The van der Waals surface area contributed by atoms with Gasteiger partial charge in [-0.2, -0.15) is 0 Å². The largest absolute Gasteiger partial charge is 0.476 e. The molecule has 2 atom stereocenters. The van der Waals surface area contributed by atoms with Gasteiger partial charge in [-0.1, -0.05) is 28.1 Å². The van der Waals surface area contributed by atoms with Crippen LogP contribution < -0.4 is 0 Å². The third-order valence-electron chi connectivity index (χ3n) is 2.90. The van der Waals surface area contributed by atoms with Gasteiger partial charge in [-0.3, -0.25) is 10.1 Å². The monoisotopic (exact) mass is 285 g/mol. The first-order valence-electron chi connectivity index (χ1n) is 4.62. The van der Waals surface area contributed by atoms with E-state index >= 15 is 0 Å². The molecule has 0 saturated heterocycles. The number of benzene rings is 1. The van der Waals surface area contributed by atoms with E-state index in [0.717, 1.165) is 4.47 Å². The molecule has 2 unspecified atom stereocenters. The smallest absolute Gasteiger partial charge is 0.383 e. The number of rotatable bonds is 3. The van der Waals surface area contributed by atoms with Gasteiger partial charge in [-0.05, 0) is 17.7 Å². The molecule has 1 fully saturated rings. The van der Waals surface area contributed by atoms with E-state index in [1.807, 2.05) is 0 Å². The van der Waals surface area contributed by atoms with Crippen LogP contribution in [0.1, 0.15) is 17.9 Å². The zero-order valence-electron chi connectivity index (χ0n) is 8.09. The van der Waals surface area contributed by atoms with Crippen LogP contribution in [0.3, 0.4) is 0 Å². The van der Waals surface area contributed by atoms with Gasteiger partial charge < -0.3 is 5.11 Å². The van der Waals surface area contributed by atoms with Crippen molar-refractivity contribution in [1.29, 1.82) is 0 Å². The molecule has 0 aliphatic heterocycles. The molecular formula is C10H8BrNO4. The average Bonchev–Trinajstić information content (AvgIpc) is 2.95. The topological polar surface area (TPSA) is 80.4 Å². The Labute approximate surface area is 99.4 Å². The second kappa shape index (κ2) is 3.55. The first kappa shape index (κ1) is 11.1. The SMILES string of the molecule is O=C(O)C1([N+](=O)[O-])CC1c1ccc(Br)cc1. The molecule has 16 heavy (non-hydrogen) atoms. The predicted octanol–water partition coefficient (Wildman–Crippen LogP) is 2.04. The Kier molecular flexibility index (Phi) is 2.46. The molecule has 1 aromatic rings. The molecule has 0 heterocycles. The molecule has 1 aliphatic rings. The fourth-order valence-electron chi connectivity index (χ4n) is 1.86. The third-order valence-corrected chi connectivity index (χ3v) is 3.43. The summed E-state index contributed by atoms with van der Waals surface area (Å²) >= 11 is 3.25. The van der Waals surface area contributed by atoms with Gasteiger partial charge in [-0.25, -0.2) is 4.79 Å². The van der Waals surface area contributed by atoms with Gasteiger partial charge in [0.1, 0.15) is 0 Å². The highest BCUT2D eigenvalue weighted by Crippen LogP contribution is 2.53. The van der Waals surface area contributed by atoms with Crippen molar-refractivity contribution in [2.75, 3.05) is 0 Å². The van der Waals surface area contributed by atoms with E-state index in [1.54, 1.807) is 24.3 Å². The lowest BCUT2D eigenvalue weighted by atomic mass is 10.1. The fraction of sp³-hybridized carbons (Fsp3) is 0.300. The van der Waals surface area contributed by atoms with Crippen molar-refractivity contribution in [3.8, 4) is 0 Å². The highest BCUT2D eigenvalue weighted by molar-refractivity contribution is 9.10. The number of carboxylic acid groups (broad SMARTS) is 1. The Bertz CT molecular complexity index is 442. The van der Waals surface area contributed by atoms with Crippen LogP contribution in [0.4, 0.5) is 0 Å². The van der Waals surface area contributed by atoms with Crippen LogP contribution in [0, 0.1) is 10.1 Å². The lowest BCUT2D eigenvalue weighted by Gasteiger charge is -2.04. The van der Waals surface area contributed by atoms with Gasteiger partial charge >= 0.3 is 11.5 Å². The molecule has 0 aromatic heterocycles. The third kappa shape index (κ3) is 1.49. The molecule has 1 N–H and O–H groups in total. The van der Waals surface area contributed by atoms with Crippen molar-refractivity contribution in [2.24, 2.45) is 0 Å². The summed E-state index contributed by atoms with van der Waals surface area (Å²) < 4.78 is 0.860. The minimum absolute atomic E-state index is 0.0664. The molecule has 5 nitrogen and oxygen atoms in total. The van der Waals surface area contributed by atoms with Crippen LogP contribution in [-0.2, 0) is 4.79 Å². The van der Waals surface area contributed by atoms with E-state index in [2.05, 4.69) is 15.9 Å². The van der Waals surface area contributed by atoms with E-state index in [1.165, 1.54) is 0 Å². The zero-order chi connectivity index (χ0) is 11.9. The number of aliphatic carboxylic acids is 1. The van der Waals surface area contributed by atoms with Gasteiger partial charge in [0.2, 0.25) is 0 Å². The molecule has 0 amide bonds. The van der Waals surface area contributed by atoms with Crippen molar-refractivity contribution in [2.45, 2.75) is 17.9 Å². The predicted molar refractivity (Wildman–Crippen MR) is 58.9 cm³/mol. The van der Waals surface area contributed by atoms with Crippen molar-refractivity contribution in [3.63, 3.8) is 0 Å². The van der Waals surface area contributed by atoms with Gasteiger partial charge in [0, 0.05) is 15.8 Å². The van der Waals surface area contributed by atoms with E-state index in [9.17, 15) is 14.9 Å². The number of halogens is 1. The maximum Gasteiger partial charge on any atom is 0.383 e. The summed E-state index contributed by atoms with van der Waals surface area (Å²) in [6.45, 7) is 0. The fourth-order valence-corrected chi connectivity index (χ4v) is 2.12. The van der Waals surface area contributed by atoms with Gasteiger partial charge in [0.15, 0.2) is 0 Å². The summed E-state index contributed by atoms with van der Waals surface area (Å²) in [7, 11) is 0. The Hall–Kier alpha value is -1.43. The summed E-state index contributed by atoms with van der Waals surface area (Å²) in [4.78, 5) is 21.0. The normalized spacial score (nSPS) is 27.4. The summed E-state index contributed by atoms with van der Waals surface area (Å²) in [5, 5.41) is 19.7. The maximum atomic E-state index is 10.9. The van der Waals surface area contributed by atoms with Gasteiger partial charge in [0.25, 0.3) is 0 Å². The Morgan fingerprint density at radius 1 is 1.50 bits per heavy atom. The number of carboxylic acids is 1. The number of nitrogens with zero attached hydrogens (tertiary/aromatic N) is 1. The van der Waals surface area contributed by atoms with Gasteiger partial charge in [0.05, 0.1) is 5.92 Å².